The van der Waals surface area contributed by atoms with Crippen molar-refractivity contribution in [1.82, 2.24) is 4.31 Å². The minimum absolute atomic E-state index is 0.0336. The summed E-state index contributed by atoms with van der Waals surface area (Å²) in [6.45, 7) is 2.43. The highest BCUT2D eigenvalue weighted by atomic mass is 32.2. The van der Waals surface area contributed by atoms with Crippen LogP contribution in [0, 0.1) is 0 Å². The molecule has 0 radical (unpaired) electrons. The number of aliphatic hydroxyl groups excluding tert-OH is 1. The molecule has 100 valence electrons. The van der Waals surface area contributed by atoms with Crippen LogP contribution in [0.4, 0.5) is 0 Å². The van der Waals surface area contributed by atoms with Gasteiger partial charge in [-0.25, -0.2) is 8.42 Å². The van der Waals surface area contributed by atoms with Crippen molar-refractivity contribution in [1.29, 1.82) is 0 Å². The second-order valence-corrected chi connectivity index (χ2v) is 7.38. The molecule has 1 N–H and O–H groups in total. The smallest absolute Gasteiger partial charge is 0.243 e. The topological polar surface area (TPSA) is 57.6 Å². The average molecular weight is 287 g/mol. The first-order valence-corrected chi connectivity index (χ1v) is 8.44. The molecule has 0 amide bonds. The van der Waals surface area contributed by atoms with Gasteiger partial charge in [0.2, 0.25) is 10.0 Å². The van der Waals surface area contributed by atoms with Crippen molar-refractivity contribution >= 4 is 21.8 Å². The van der Waals surface area contributed by atoms with Crippen molar-refractivity contribution in [2.75, 3.05) is 18.1 Å². The molecule has 1 aromatic rings. The predicted molar refractivity (Wildman–Crippen MR) is 73.0 cm³/mol. The van der Waals surface area contributed by atoms with Crippen molar-refractivity contribution < 1.29 is 13.5 Å². The van der Waals surface area contributed by atoms with Gasteiger partial charge in [-0.3, -0.25) is 0 Å². The van der Waals surface area contributed by atoms with Crippen LogP contribution in [0.3, 0.4) is 0 Å². The molecule has 2 rings (SSSR count). The Kier molecular flexibility index (Phi) is 4.32. The molecule has 1 saturated heterocycles. The number of hydrogen-bond donors (Lipinski definition) is 1. The minimum Gasteiger partial charge on any atom is -0.392 e. The third-order valence-electron chi connectivity index (χ3n) is 3.02. The number of nitrogens with zero attached hydrogens (tertiary/aromatic N) is 1. The Morgan fingerprint density at radius 2 is 2.06 bits per heavy atom. The van der Waals surface area contributed by atoms with Crippen molar-refractivity contribution in [3.8, 4) is 0 Å². The molecule has 1 aliphatic heterocycles. The molecular weight excluding hydrogens is 270 g/mol. The lowest BCUT2D eigenvalue weighted by atomic mass is 10.2. The van der Waals surface area contributed by atoms with E-state index >= 15 is 0 Å². The van der Waals surface area contributed by atoms with Gasteiger partial charge in [0.05, 0.1) is 11.5 Å². The maximum Gasteiger partial charge on any atom is 0.243 e. The highest BCUT2D eigenvalue weighted by Gasteiger charge is 2.30. The van der Waals surface area contributed by atoms with Gasteiger partial charge in [0.15, 0.2) is 0 Å². The highest BCUT2D eigenvalue weighted by molar-refractivity contribution is 7.99. The molecule has 1 heterocycles. The van der Waals surface area contributed by atoms with Gasteiger partial charge in [-0.05, 0) is 24.6 Å². The maximum absolute atomic E-state index is 12.5. The van der Waals surface area contributed by atoms with Crippen molar-refractivity contribution in [3.05, 3.63) is 29.8 Å². The molecule has 0 bridgehead atoms. The molecule has 1 unspecified atom stereocenters. The Morgan fingerprint density at radius 3 is 2.61 bits per heavy atom. The van der Waals surface area contributed by atoms with Gasteiger partial charge in [-0.15, -0.1) is 0 Å². The van der Waals surface area contributed by atoms with Gasteiger partial charge < -0.3 is 5.11 Å². The van der Waals surface area contributed by atoms with Crippen LogP contribution in [0.2, 0.25) is 0 Å². The van der Waals surface area contributed by atoms with E-state index in [9.17, 15) is 8.42 Å². The highest BCUT2D eigenvalue weighted by Crippen LogP contribution is 2.24. The van der Waals surface area contributed by atoms with Gasteiger partial charge >= 0.3 is 0 Å². The van der Waals surface area contributed by atoms with Gasteiger partial charge in [0.25, 0.3) is 0 Å². The fourth-order valence-corrected chi connectivity index (χ4v) is 4.83. The Hall–Kier alpha value is -0.560. The second-order valence-electron chi connectivity index (χ2n) is 4.34. The summed E-state index contributed by atoms with van der Waals surface area (Å²) in [5, 5.41) is 8.96. The molecule has 1 fully saturated rings. The second kappa shape index (κ2) is 5.61. The fraction of sp³-hybridized carbons (Fsp3) is 0.500. The summed E-state index contributed by atoms with van der Waals surface area (Å²) < 4.78 is 26.5. The molecule has 1 aliphatic rings. The molecule has 18 heavy (non-hydrogen) atoms. The minimum atomic E-state index is -3.40. The number of rotatable bonds is 3. The normalized spacial score (nSPS) is 22.0. The standard InChI is InChI=1S/C12H17NO3S2/c1-10-9-17-7-6-13(10)18(15,16)12-4-2-11(8-14)3-5-12/h2-5,10,14H,6-9H2,1H3. The van der Waals surface area contributed by atoms with E-state index in [1.807, 2.05) is 6.92 Å². The van der Waals surface area contributed by atoms with E-state index in [4.69, 9.17) is 5.11 Å². The zero-order valence-corrected chi connectivity index (χ0v) is 11.9. The summed E-state index contributed by atoms with van der Waals surface area (Å²) in [5.41, 5.74) is 0.719. The molecular formula is C12H17NO3S2. The maximum atomic E-state index is 12.5. The van der Waals surface area contributed by atoms with E-state index in [-0.39, 0.29) is 12.6 Å². The first-order valence-electron chi connectivity index (χ1n) is 5.85. The van der Waals surface area contributed by atoms with Crippen molar-refractivity contribution in [2.45, 2.75) is 24.5 Å². The SMILES string of the molecule is CC1CSCCN1S(=O)(=O)c1ccc(CO)cc1. The zero-order valence-electron chi connectivity index (χ0n) is 10.2. The van der Waals surface area contributed by atoms with Crippen LogP contribution >= 0.6 is 11.8 Å². The van der Waals surface area contributed by atoms with E-state index in [1.165, 1.54) is 0 Å². The first kappa shape index (κ1) is 13.9. The van der Waals surface area contributed by atoms with Crippen LogP contribution in [0.1, 0.15) is 12.5 Å². The van der Waals surface area contributed by atoms with Crippen LogP contribution in [0.25, 0.3) is 0 Å². The Labute approximate surface area is 112 Å². The molecule has 1 atom stereocenters. The van der Waals surface area contributed by atoms with Crippen molar-refractivity contribution in [2.24, 2.45) is 0 Å². The molecule has 0 spiro atoms. The van der Waals surface area contributed by atoms with E-state index in [0.717, 1.165) is 17.1 Å². The molecule has 4 nitrogen and oxygen atoms in total. The third-order valence-corrected chi connectivity index (χ3v) is 6.24. The molecule has 6 heteroatoms. The molecule has 1 aromatic carbocycles. The number of aliphatic hydroxyl groups is 1. The van der Waals surface area contributed by atoms with Crippen molar-refractivity contribution in [3.63, 3.8) is 0 Å². The van der Waals surface area contributed by atoms with E-state index < -0.39 is 10.0 Å². The molecule has 0 saturated carbocycles. The summed E-state index contributed by atoms with van der Waals surface area (Å²) >= 11 is 1.78. The van der Waals surface area contributed by atoms with Crippen LogP contribution in [0.5, 0.6) is 0 Å². The van der Waals surface area contributed by atoms with E-state index in [0.29, 0.717) is 11.4 Å². The number of sulfonamides is 1. The van der Waals surface area contributed by atoms with Gasteiger partial charge in [-0.1, -0.05) is 12.1 Å². The predicted octanol–water partition coefficient (Wildman–Crippen LogP) is 1.30. The summed E-state index contributed by atoms with van der Waals surface area (Å²) in [5.74, 6) is 1.69. The fourth-order valence-electron chi connectivity index (χ4n) is 1.97. The van der Waals surface area contributed by atoms with Crippen LogP contribution < -0.4 is 0 Å². The average Bonchev–Trinajstić information content (AvgIpc) is 2.39. The Morgan fingerprint density at radius 1 is 1.39 bits per heavy atom. The van der Waals surface area contributed by atoms with Gasteiger partial charge in [0, 0.05) is 24.1 Å². The largest absolute Gasteiger partial charge is 0.392 e. The third kappa shape index (κ3) is 2.71. The first-order chi connectivity index (χ1) is 8.55. The molecule has 0 aromatic heterocycles. The van der Waals surface area contributed by atoms with E-state index in [1.54, 1.807) is 40.3 Å². The number of thioether (sulfide) groups is 1. The zero-order chi connectivity index (χ0) is 13.2. The summed E-state index contributed by atoms with van der Waals surface area (Å²) in [4.78, 5) is 0.304. The summed E-state index contributed by atoms with van der Waals surface area (Å²) in [6, 6.07) is 6.46. The monoisotopic (exact) mass is 287 g/mol. The number of benzene rings is 1. The summed E-state index contributed by atoms with van der Waals surface area (Å²) in [7, 11) is -3.40. The van der Waals surface area contributed by atoms with Gasteiger partial charge in [-0.2, -0.15) is 16.1 Å². The molecule has 0 aliphatic carbocycles. The Bertz CT molecular complexity index is 499. The van der Waals surface area contributed by atoms with Crippen LogP contribution in [-0.2, 0) is 16.6 Å². The lowest BCUT2D eigenvalue weighted by Gasteiger charge is -2.31. The number of hydrogen-bond acceptors (Lipinski definition) is 4. The Balaban J connectivity index is 2.28. The lowest BCUT2D eigenvalue weighted by Crippen LogP contribution is -2.44. The van der Waals surface area contributed by atoms with E-state index in [2.05, 4.69) is 0 Å². The van der Waals surface area contributed by atoms with Crippen LogP contribution in [0.15, 0.2) is 29.2 Å². The van der Waals surface area contributed by atoms with Crippen LogP contribution in [-0.4, -0.2) is 41.9 Å². The van der Waals surface area contributed by atoms with Gasteiger partial charge in [0.1, 0.15) is 0 Å². The lowest BCUT2D eigenvalue weighted by molar-refractivity contribution is 0.281. The summed E-state index contributed by atoms with van der Waals surface area (Å²) in [6.07, 6.45) is 0. The quantitative estimate of drug-likeness (QED) is 0.910.